The summed E-state index contributed by atoms with van der Waals surface area (Å²) >= 11 is 0. The quantitative estimate of drug-likeness (QED) is 0.540. The molecular weight excluding hydrogens is 471 g/mol. The molecule has 0 bridgehead atoms. The lowest BCUT2D eigenvalue weighted by molar-refractivity contribution is -0.123. The van der Waals surface area contributed by atoms with Gasteiger partial charge in [-0.15, -0.1) is 0 Å². The molecule has 0 atom stereocenters. The molecule has 2 amide bonds. The number of alkyl halides is 3. The van der Waals surface area contributed by atoms with E-state index in [1.54, 1.807) is 41.3 Å². The number of nitrogens with zero attached hydrogens (tertiary/aromatic N) is 2. The molecule has 0 radical (unpaired) electrons. The van der Waals surface area contributed by atoms with E-state index in [1.807, 2.05) is 30.4 Å². The lowest BCUT2D eigenvalue weighted by Gasteiger charge is -2.36. The number of amides is 2. The van der Waals surface area contributed by atoms with Gasteiger partial charge in [-0.1, -0.05) is 18.2 Å². The largest absolute Gasteiger partial charge is 0.508 e. The maximum Gasteiger partial charge on any atom is 0.405 e. The van der Waals surface area contributed by atoms with Crippen molar-refractivity contribution < 1.29 is 27.9 Å². The SMILES string of the molecule is Cc1cc(C(=O)N2CCN(c3ccc(C(=O)NCC(F)(F)F)cc3)CC2)ccc1-c1cccc(O)c1. The number of hydrogen-bond acceptors (Lipinski definition) is 4. The third-order valence-electron chi connectivity index (χ3n) is 6.14. The molecule has 4 rings (SSSR count). The maximum atomic E-state index is 13.1. The Hall–Kier alpha value is -4.01. The summed E-state index contributed by atoms with van der Waals surface area (Å²) in [6.07, 6.45) is -4.46. The van der Waals surface area contributed by atoms with Gasteiger partial charge in [0.1, 0.15) is 12.3 Å². The third kappa shape index (κ3) is 5.97. The lowest BCUT2D eigenvalue weighted by Crippen LogP contribution is -2.48. The zero-order chi connectivity index (χ0) is 25.9. The fourth-order valence-electron chi connectivity index (χ4n) is 4.25. The minimum atomic E-state index is -4.46. The Morgan fingerprint density at radius 3 is 2.19 bits per heavy atom. The van der Waals surface area contributed by atoms with Gasteiger partial charge in [0.25, 0.3) is 11.8 Å². The zero-order valence-corrected chi connectivity index (χ0v) is 19.7. The Morgan fingerprint density at radius 1 is 0.917 bits per heavy atom. The average Bonchev–Trinajstić information content (AvgIpc) is 2.86. The molecule has 1 aliphatic rings. The number of halogens is 3. The van der Waals surface area contributed by atoms with Gasteiger partial charge in [-0.05, 0) is 72.1 Å². The Labute approximate surface area is 207 Å². The molecule has 6 nitrogen and oxygen atoms in total. The minimum absolute atomic E-state index is 0.0584. The van der Waals surface area contributed by atoms with E-state index in [0.717, 1.165) is 22.4 Å². The van der Waals surface area contributed by atoms with E-state index >= 15 is 0 Å². The number of aromatic hydroxyl groups is 1. The van der Waals surface area contributed by atoms with E-state index in [4.69, 9.17) is 0 Å². The molecule has 3 aromatic carbocycles. The number of nitrogens with one attached hydrogen (secondary N) is 1. The molecule has 0 unspecified atom stereocenters. The van der Waals surface area contributed by atoms with Crippen LogP contribution in [0.3, 0.4) is 0 Å². The smallest absolute Gasteiger partial charge is 0.405 e. The molecule has 3 aromatic rings. The minimum Gasteiger partial charge on any atom is -0.508 e. The van der Waals surface area contributed by atoms with Crippen molar-refractivity contribution in [3.8, 4) is 16.9 Å². The Balaban J connectivity index is 1.35. The molecule has 1 aliphatic heterocycles. The number of rotatable bonds is 5. The number of phenolic OH excluding ortho intramolecular Hbond substituents is 1. The van der Waals surface area contributed by atoms with Crippen LogP contribution < -0.4 is 10.2 Å². The van der Waals surface area contributed by atoms with E-state index in [-0.39, 0.29) is 17.2 Å². The van der Waals surface area contributed by atoms with Crippen LogP contribution in [-0.2, 0) is 0 Å². The van der Waals surface area contributed by atoms with Crippen molar-refractivity contribution in [1.82, 2.24) is 10.2 Å². The van der Waals surface area contributed by atoms with Gasteiger partial charge in [0, 0.05) is 43.0 Å². The predicted octanol–water partition coefficient (Wildman–Crippen LogP) is 4.62. The van der Waals surface area contributed by atoms with E-state index in [2.05, 4.69) is 4.90 Å². The van der Waals surface area contributed by atoms with Crippen molar-refractivity contribution in [2.45, 2.75) is 13.1 Å². The molecule has 1 heterocycles. The van der Waals surface area contributed by atoms with Gasteiger partial charge in [-0.3, -0.25) is 9.59 Å². The summed E-state index contributed by atoms with van der Waals surface area (Å²) in [4.78, 5) is 28.8. The Morgan fingerprint density at radius 2 is 1.58 bits per heavy atom. The normalized spacial score (nSPS) is 14.0. The number of piperazine rings is 1. The summed E-state index contributed by atoms with van der Waals surface area (Å²) in [6.45, 7) is 2.76. The fourth-order valence-corrected chi connectivity index (χ4v) is 4.25. The highest BCUT2D eigenvalue weighted by Crippen LogP contribution is 2.27. The van der Waals surface area contributed by atoms with Gasteiger partial charge >= 0.3 is 6.18 Å². The molecule has 36 heavy (non-hydrogen) atoms. The first kappa shape index (κ1) is 25.1. The predicted molar refractivity (Wildman–Crippen MR) is 131 cm³/mol. The van der Waals surface area contributed by atoms with Crippen LogP contribution in [0.2, 0.25) is 0 Å². The van der Waals surface area contributed by atoms with Crippen molar-refractivity contribution in [3.63, 3.8) is 0 Å². The number of carbonyl (C=O) groups is 2. The van der Waals surface area contributed by atoms with Gasteiger partial charge in [-0.2, -0.15) is 13.2 Å². The molecule has 1 saturated heterocycles. The van der Waals surface area contributed by atoms with Crippen LogP contribution in [-0.4, -0.2) is 60.7 Å². The van der Waals surface area contributed by atoms with E-state index < -0.39 is 18.6 Å². The van der Waals surface area contributed by atoms with Gasteiger partial charge < -0.3 is 20.2 Å². The molecule has 1 fully saturated rings. The van der Waals surface area contributed by atoms with Crippen LogP contribution in [0.15, 0.2) is 66.7 Å². The van der Waals surface area contributed by atoms with Crippen LogP contribution in [0, 0.1) is 6.92 Å². The number of hydrogen-bond donors (Lipinski definition) is 2. The van der Waals surface area contributed by atoms with Crippen molar-refractivity contribution >= 4 is 17.5 Å². The lowest BCUT2D eigenvalue weighted by atomic mass is 9.98. The van der Waals surface area contributed by atoms with Crippen molar-refractivity contribution in [2.24, 2.45) is 0 Å². The summed E-state index contributed by atoms with van der Waals surface area (Å²) in [7, 11) is 0. The molecule has 9 heteroatoms. The van der Waals surface area contributed by atoms with Crippen molar-refractivity contribution in [1.29, 1.82) is 0 Å². The standard InChI is InChI=1S/C27H26F3N3O3/c1-18-15-21(7-10-24(18)20-3-2-4-23(34)16-20)26(36)33-13-11-32(12-14-33)22-8-5-19(6-9-22)25(35)31-17-27(28,29)30/h2-10,15-16,34H,11-14,17H2,1H3,(H,31,35). The van der Waals surface area contributed by atoms with Crippen molar-refractivity contribution in [3.05, 3.63) is 83.4 Å². The second kappa shape index (κ2) is 10.3. The first-order chi connectivity index (χ1) is 17.1. The molecule has 188 valence electrons. The van der Waals surface area contributed by atoms with Gasteiger partial charge in [0.15, 0.2) is 0 Å². The summed E-state index contributed by atoms with van der Waals surface area (Å²) < 4.78 is 36.9. The molecule has 0 spiro atoms. The van der Waals surface area contributed by atoms with Gasteiger partial charge in [0.05, 0.1) is 0 Å². The van der Waals surface area contributed by atoms with Crippen LogP contribution in [0.5, 0.6) is 5.75 Å². The molecule has 0 saturated carbocycles. The average molecular weight is 498 g/mol. The van der Waals surface area contributed by atoms with E-state index in [9.17, 15) is 27.9 Å². The van der Waals surface area contributed by atoms with Crippen LogP contribution in [0.25, 0.3) is 11.1 Å². The number of benzene rings is 3. The van der Waals surface area contributed by atoms with Crippen LogP contribution in [0.1, 0.15) is 26.3 Å². The zero-order valence-electron chi connectivity index (χ0n) is 19.7. The Bertz CT molecular complexity index is 1250. The number of phenols is 1. The van der Waals surface area contributed by atoms with E-state index in [1.165, 1.54) is 12.1 Å². The highest BCUT2D eigenvalue weighted by Gasteiger charge is 2.28. The first-order valence-corrected chi connectivity index (χ1v) is 11.5. The van der Waals surface area contributed by atoms with Gasteiger partial charge in [0.2, 0.25) is 0 Å². The van der Waals surface area contributed by atoms with Gasteiger partial charge in [-0.25, -0.2) is 0 Å². The molecule has 0 aliphatic carbocycles. The summed E-state index contributed by atoms with van der Waals surface area (Å²) in [6, 6.07) is 18.9. The molecule has 2 N–H and O–H groups in total. The second-order valence-corrected chi connectivity index (χ2v) is 8.70. The van der Waals surface area contributed by atoms with Crippen molar-refractivity contribution in [2.75, 3.05) is 37.6 Å². The first-order valence-electron chi connectivity index (χ1n) is 11.5. The van der Waals surface area contributed by atoms with E-state index in [0.29, 0.717) is 31.7 Å². The molecule has 0 aromatic heterocycles. The van der Waals surface area contributed by atoms with Crippen LogP contribution >= 0.6 is 0 Å². The third-order valence-corrected chi connectivity index (χ3v) is 6.14. The second-order valence-electron chi connectivity index (χ2n) is 8.70. The molecular formula is C27H26F3N3O3. The number of carbonyl (C=O) groups excluding carboxylic acids is 2. The highest BCUT2D eigenvalue weighted by molar-refractivity contribution is 5.96. The topological polar surface area (TPSA) is 72.9 Å². The maximum absolute atomic E-state index is 13.1. The summed E-state index contributed by atoms with van der Waals surface area (Å²) in [5.41, 5.74) is 4.34. The van der Waals surface area contributed by atoms with Crippen LogP contribution in [0.4, 0.5) is 18.9 Å². The summed E-state index contributed by atoms with van der Waals surface area (Å²) in [5.74, 6) is -0.652. The monoisotopic (exact) mass is 497 g/mol. The number of anilines is 1. The highest BCUT2D eigenvalue weighted by atomic mass is 19.4. The number of aryl methyl sites for hydroxylation is 1. The Kier molecular flexibility index (Phi) is 7.19. The fraction of sp³-hybridized carbons (Fsp3) is 0.259. The summed E-state index contributed by atoms with van der Waals surface area (Å²) in [5, 5.41) is 11.6.